The van der Waals surface area contributed by atoms with E-state index in [0.29, 0.717) is 16.4 Å². The summed E-state index contributed by atoms with van der Waals surface area (Å²) in [6.07, 6.45) is 1.83. The van der Waals surface area contributed by atoms with Crippen LogP contribution in [0.5, 0.6) is 0 Å². The van der Waals surface area contributed by atoms with Crippen LogP contribution >= 0.6 is 11.6 Å². The molecule has 0 bridgehead atoms. The van der Waals surface area contributed by atoms with E-state index in [0.717, 1.165) is 36.3 Å². The molecule has 1 aliphatic rings. The van der Waals surface area contributed by atoms with Crippen molar-refractivity contribution in [3.8, 4) is 0 Å². The fraction of sp³-hybridized carbons (Fsp3) is 0.300. The number of hydrogen-bond acceptors (Lipinski definition) is 5. The van der Waals surface area contributed by atoms with Gasteiger partial charge in [-0.25, -0.2) is 4.98 Å². The molecule has 0 radical (unpaired) electrons. The average Bonchev–Trinajstić information content (AvgIpc) is 2.61. The van der Waals surface area contributed by atoms with Crippen LogP contribution in [0, 0.1) is 6.92 Å². The van der Waals surface area contributed by atoms with E-state index in [2.05, 4.69) is 46.2 Å². The number of ether oxygens (including phenoxy) is 1. The maximum Gasteiger partial charge on any atom is 0.259 e. The van der Waals surface area contributed by atoms with E-state index < -0.39 is 0 Å². The Labute approximate surface area is 162 Å². The SMILES string of the molecule is Cc1cc(Nc2nc(Cl)cc3cc[nH]c(=O)c23)ccc1N1CCO[C@H](C)C1. The Morgan fingerprint density at radius 3 is 2.96 bits per heavy atom. The van der Waals surface area contributed by atoms with E-state index in [1.54, 1.807) is 12.3 Å². The van der Waals surface area contributed by atoms with E-state index in [9.17, 15) is 4.79 Å². The van der Waals surface area contributed by atoms with E-state index >= 15 is 0 Å². The summed E-state index contributed by atoms with van der Waals surface area (Å²) in [6.45, 7) is 6.67. The molecular formula is C20H21ClN4O2. The molecule has 7 heteroatoms. The number of nitrogens with one attached hydrogen (secondary N) is 2. The van der Waals surface area contributed by atoms with Gasteiger partial charge in [0.1, 0.15) is 11.0 Å². The van der Waals surface area contributed by atoms with Crippen molar-refractivity contribution in [3.63, 3.8) is 0 Å². The van der Waals surface area contributed by atoms with E-state index in [-0.39, 0.29) is 11.7 Å². The third-order valence-electron chi connectivity index (χ3n) is 4.76. The molecule has 1 saturated heterocycles. The van der Waals surface area contributed by atoms with Gasteiger partial charge >= 0.3 is 0 Å². The third-order valence-corrected chi connectivity index (χ3v) is 4.96. The van der Waals surface area contributed by atoms with Gasteiger partial charge < -0.3 is 19.9 Å². The molecule has 2 N–H and O–H groups in total. The van der Waals surface area contributed by atoms with Gasteiger partial charge in [0.25, 0.3) is 5.56 Å². The van der Waals surface area contributed by atoms with Crippen molar-refractivity contribution in [3.05, 3.63) is 57.6 Å². The molecule has 0 spiro atoms. The number of aromatic amines is 1. The second-order valence-corrected chi connectivity index (χ2v) is 7.21. The van der Waals surface area contributed by atoms with E-state index in [1.807, 2.05) is 12.1 Å². The summed E-state index contributed by atoms with van der Waals surface area (Å²) in [6, 6.07) is 9.64. The molecule has 140 valence electrons. The predicted molar refractivity (Wildman–Crippen MR) is 109 cm³/mol. The zero-order valence-electron chi connectivity index (χ0n) is 15.3. The maximum atomic E-state index is 12.3. The number of halogens is 1. The molecule has 0 saturated carbocycles. The Bertz CT molecular complexity index is 1050. The van der Waals surface area contributed by atoms with Gasteiger partial charge in [-0.3, -0.25) is 4.79 Å². The largest absolute Gasteiger partial charge is 0.375 e. The monoisotopic (exact) mass is 384 g/mol. The van der Waals surface area contributed by atoms with E-state index in [1.165, 1.54) is 5.69 Å². The van der Waals surface area contributed by atoms with Crippen LogP contribution in [0.1, 0.15) is 12.5 Å². The third kappa shape index (κ3) is 3.63. The number of morpholine rings is 1. The molecule has 1 aliphatic heterocycles. The summed E-state index contributed by atoms with van der Waals surface area (Å²) < 4.78 is 5.63. The first kappa shape index (κ1) is 17.8. The first-order valence-electron chi connectivity index (χ1n) is 8.93. The lowest BCUT2D eigenvalue weighted by atomic mass is 10.1. The van der Waals surface area contributed by atoms with Gasteiger partial charge in [-0.2, -0.15) is 0 Å². The molecule has 0 amide bonds. The smallest absolute Gasteiger partial charge is 0.259 e. The Hall–Kier alpha value is -2.57. The van der Waals surface area contributed by atoms with Crippen LogP contribution in [0.25, 0.3) is 10.8 Å². The second kappa shape index (κ2) is 7.21. The molecule has 3 aromatic rings. The second-order valence-electron chi connectivity index (χ2n) is 6.82. The van der Waals surface area contributed by atoms with E-state index in [4.69, 9.17) is 16.3 Å². The van der Waals surface area contributed by atoms with Crippen LogP contribution in [0.15, 0.2) is 41.3 Å². The quantitative estimate of drug-likeness (QED) is 0.671. The summed E-state index contributed by atoms with van der Waals surface area (Å²) in [4.78, 5) is 21.6. The van der Waals surface area contributed by atoms with Gasteiger partial charge in [0.15, 0.2) is 0 Å². The van der Waals surface area contributed by atoms with Crippen molar-refractivity contribution in [2.45, 2.75) is 20.0 Å². The summed E-state index contributed by atoms with van der Waals surface area (Å²) in [5, 5.41) is 4.83. The molecule has 3 heterocycles. The van der Waals surface area contributed by atoms with Crippen molar-refractivity contribution in [1.82, 2.24) is 9.97 Å². The number of hydrogen-bond donors (Lipinski definition) is 2. The number of aryl methyl sites for hydroxylation is 1. The van der Waals surface area contributed by atoms with Crippen LogP contribution in [0.2, 0.25) is 5.15 Å². The number of pyridine rings is 2. The van der Waals surface area contributed by atoms with Crippen LogP contribution in [0.4, 0.5) is 17.2 Å². The van der Waals surface area contributed by atoms with Crippen molar-refractivity contribution in [2.75, 3.05) is 29.9 Å². The molecular weight excluding hydrogens is 364 g/mol. The molecule has 1 aromatic carbocycles. The van der Waals surface area contributed by atoms with Gasteiger partial charge in [0.2, 0.25) is 0 Å². The molecule has 1 fully saturated rings. The number of aromatic nitrogens is 2. The highest BCUT2D eigenvalue weighted by Crippen LogP contribution is 2.29. The average molecular weight is 385 g/mol. The first-order chi connectivity index (χ1) is 13.0. The molecule has 27 heavy (non-hydrogen) atoms. The number of fused-ring (bicyclic) bond motifs is 1. The zero-order valence-corrected chi connectivity index (χ0v) is 16.0. The lowest BCUT2D eigenvalue weighted by Gasteiger charge is -2.34. The van der Waals surface area contributed by atoms with Gasteiger partial charge in [-0.1, -0.05) is 11.6 Å². The number of H-pyrrole nitrogens is 1. The predicted octanol–water partition coefficient (Wildman–Crippen LogP) is 3.85. The fourth-order valence-corrected chi connectivity index (χ4v) is 3.74. The van der Waals surface area contributed by atoms with Crippen LogP contribution < -0.4 is 15.8 Å². The lowest BCUT2D eigenvalue weighted by molar-refractivity contribution is 0.0532. The first-order valence-corrected chi connectivity index (χ1v) is 9.31. The molecule has 2 aromatic heterocycles. The summed E-state index contributed by atoms with van der Waals surface area (Å²) in [7, 11) is 0. The Kier molecular flexibility index (Phi) is 4.76. The number of anilines is 3. The molecule has 0 unspecified atom stereocenters. The summed E-state index contributed by atoms with van der Waals surface area (Å²) >= 11 is 6.13. The highest BCUT2D eigenvalue weighted by molar-refractivity contribution is 6.30. The van der Waals surface area contributed by atoms with Crippen LogP contribution in [0.3, 0.4) is 0 Å². The molecule has 6 nitrogen and oxygen atoms in total. The minimum absolute atomic E-state index is 0.199. The minimum Gasteiger partial charge on any atom is -0.375 e. The molecule has 0 aliphatic carbocycles. The number of rotatable bonds is 3. The summed E-state index contributed by atoms with van der Waals surface area (Å²) in [5.74, 6) is 0.450. The highest BCUT2D eigenvalue weighted by atomic mass is 35.5. The van der Waals surface area contributed by atoms with Gasteiger partial charge in [0, 0.05) is 30.7 Å². The zero-order chi connectivity index (χ0) is 19.0. The highest BCUT2D eigenvalue weighted by Gasteiger charge is 2.18. The Balaban J connectivity index is 1.67. The minimum atomic E-state index is -0.199. The van der Waals surface area contributed by atoms with Crippen LogP contribution in [-0.2, 0) is 4.74 Å². The van der Waals surface area contributed by atoms with Gasteiger partial charge in [0.05, 0.1) is 18.1 Å². The Morgan fingerprint density at radius 1 is 1.33 bits per heavy atom. The van der Waals surface area contributed by atoms with Crippen molar-refractivity contribution < 1.29 is 4.74 Å². The number of nitrogens with zero attached hydrogens (tertiary/aromatic N) is 2. The lowest BCUT2D eigenvalue weighted by Crippen LogP contribution is -2.41. The van der Waals surface area contributed by atoms with Crippen molar-refractivity contribution in [2.24, 2.45) is 0 Å². The Morgan fingerprint density at radius 2 is 2.19 bits per heavy atom. The molecule has 4 rings (SSSR count). The number of benzene rings is 1. The molecule has 1 atom stereocenters. The topological polar surface area (TPSA) is 70.2 Å². The van der Waals surface area contributed by atoms with Crippen LogP contribution in [-0.4, -0.2) is 35.8 Å². The summed E-state index contributed by atoms with van der Waals surface area (Å²) in [5.41, 5.74) is 3.00. The standard InChI is InChI=1S/C20H21ClN4O2/c1-12-9-15(3-4-16(12)25-7-8-27-13(2)11-25)23-19-18-14(10-17(21)24-19)5-6-22-20(18)26/h3-6,9-10,13H,7-8,11H2,1-2H3,(H,22,26)(H,23,24)/t13-/m1/s1. The van der Waals surface area contributed by atoms with Crippen molar-refractivity contribution >= 4 is 39.6 Å². The van der Waals surface area contributed by atoms with Crippen molar-refractivity contribution in [1.29, 1.82) is 0 Å². The fourth-order valence-electron chi connectivity index (χ4n) is 3.53. The van der Waals surface area contributed by atoms with Gasteiger partial charge in [-0.05, 0) is 55.1 Å². The maximum absolute atomic E-state index is 12.3. The normalized spacial score (nSPS) is 17.3. The van der Waals surface area contributed by atoms with Gasteiger partial charge in [-0.15, -0.1) is 0 Å².